The highest BCUT2D eigenvalue weighted by Gasteiger charge is 2.29. The Morgan fingerprint density at radius 1 is 1.08 bits per heavy atom. The maximum atomic E-state index is 12.4. The van der Waals surface area contributed by atoms with E-state index in [0.29, 0.717) is 5.56 Å². The van der Waals surface area contributed by atoms with Crippen molar-refractivity contribution in [2.24, 2.45) is 10.7 Å². The molecule has 0 heterocycles. The standard InChI is InChI=1S/C18H16F3N3/c1-13-4-10-16(11-5-13)24-17(22)23-12-2-3-14-6-8-15(9-7-14)18(19,20)21/h4-11H,12H2,1H3,(H3,22,23,24). The van der Waals surface area contributed by atoms with Gasteiger partial charge in [-0.3, -0.25) is 0 Å². The number of alkyl halides is 3. The normalized spacial score (nSPS) is 11.6. The zero-order valence-corrected chi connectivity index (χ0v) is 13.0. The molecular formula is C18H16F3N3. The Labute approximate surface area is 138 Å². The summed E-state index contributed by atoms with van der Waals surface area (Å²) in [5.74, 6) is 5.71. The summed E-state index contributed by atoms with van der Waals surface area (Å²) < 4.78 is 37.3. The van der Waals surface area contributed by atoms with E-state index in [-0.39, 0.29) is 12.5 Å². The van der Waals surface area contributed by atoms with E-state index in [4.69, 9.17) is 5.73 Å². The van der Waals surface area contributed by atoms with Crippen molar-refractivity contribution >= 4 is 11.6 Å². The van der Waals surface area contributed by atoms with Gasteiger partial charge in [0.15, 0.2) is 5.96 Å². The second-order valence-electron chi connectivity index (χ2n) is 5.07. The summed E-state index contributed by atoms with van der Waals surface area (Å²) >= 11 is 0. The molecule has 0 fully saturated rings. The summed E-state index contributed by atoms with van der Waals surface area (Å²) in [6.45, 7) is 2.13. The van der Waals surface area contributed by atoms with Gasteiger partial charge in [0.25, 0.3) is 0 Å². The molecule has 0 aliphatic heterocycles. The van der Waals surface area contributed by atoms with Crippen molar-refractivity contribution in [2.45, 2.75) is 13.1 Å². The Morgan fingerprint density at radius 3 is 2.29 bits per heavy atom. The van der Waals surface area contributed by atoms with Crippen molar-refractivity contribution in [1.82, 2.24) is 0 Å². The molecule has 0 saturated carbocycles. The third kappa shape index (κ3) is 5.36. The lowest BCUT2D eigenvalue weighted by atomic mass is 10.1. The number of nitrogens with zero attached hydrogens (tertiary/aromatic N) is 1. The summed E-state index contributed by atoms with van der Waals surface area (Å²) in [5, 5.41) is 2.93. The minimum absolute atomic E-state index is 0.145. The second kappa shape index (κ2) is 7.55. The summed E-state index contributed by atoms with van der Waals surface area (Å²) in [4.78, 5) is 4.04. The minimum Gasteiger partial charge on any atom is -0.370 e. The van der Waals surface area contributed by atoms with Crippen LogP contribution in [-0.2, 0) is 6.18 Å². The van der Waals surface area contributed by atoms with Crippen LogP contribution < -0.4 is 11.1 Å². The van der Waals surface area contributed by atoms with Crippen LogP contribution in [0.2, 0.25) is 0 Å². The lowest BCUT2D eigenvalue weighted by Crippen LogP contribution is -2.22. The van der Waals surface area contributed by atoms with Crippen LogP contribution in [0.15, 0.2) is 53.5 Å². The Balaban J connectivity index is 1.91. The number of nitrogens with one attached hydrogen (secondary N) is 1. The molecule has 0 unspecified atom stereocenters. The largest absolute Gasteiger partial charge is 0.416 e. The number of aliphatic imine (C=N–C) groups is 1. The Bertz CT molecular complexity index is 764. The summed E-state index contributed by atoms with van der Waals surface area (Å²) in [6.07, 6.45) is -4.34. The third-order valence-electron chi connectivity index (χ3n) is 3.10. The highest BCUT2D eigenvalue weighted by Crippen LogP contribution is 2.28. The summed E-state index contributed by atoms with van der Waals surface area (Å²) in [6, 6.07) is 12.3. The minimum atomic E-state index is -4.34. The molecule has 3 N–H and O–H groups in total. The van der Waals surface area contributed by atoms with Crippen LogP contribution in [0.1, 0.15) is 16.7 Å². The molecule has 0 aliphatic carbocycles. The number of rotatable bonds is 2. The maximum absolute atomic E-state index is 12.4. The number of guanidine groups is 1. The fourth-order valence-electron chi connectivity index (χ4n) is 1.83. The molecule has 124 valence electrons. The molecule has 0 bridgehead atoms. The van der Waals surface area contributed by atoms with E-state index in [2.05, 4.69) is 22.2 Å². The van der Waals surface area contributed by atoms with Gasteiger partial charge in [-0.1, -0.05) is 29.5 Å². The predicted molar refractivity (Wildman–Crippen MR) is 89.6 cm³/mol. The first kappa shape index (κ1) is 17.4. The predicted octanol–water partition coefficient (Wildman–Crippen LogP) is 3.79. The van der Waals surface area contributed by atoms with E-state index in [0.717, 1.165) is 23.4 Å². The number of hydrogen-bond acceptors (Lipinski definition) is 1. The van der Waals surface area contributed by atoms with Crippen LogP contribution in [-0.4, -0.2) is 12.5 Å². The van der Waals surface area contributed by atoms with Crippen LogP contribution in [0.3, 0.4) is 0 Å². The monoisotopic (exact) mass is 331 g/mol. The summed E-state index contributed by atoms with van der Waals surface area (Å²) in [7, 11) is 0. The Hall–Kier alpha value is -2.94. The van der Waals surface area contributed by atoms with E-state index in [1.54, 1.807) is 0 Å². The van der Waals surface area contributed by atoms with Gasteiger partial charge in [-0.15, -0.1) is 0 Å². The quantitative estimate of drug-likeness (QED) is 0.500. The topological polar surface area (TPSA) is 50.4 Å². The smallest absolute Gasteiger partial charge is 0.370 e. The van der Waals surface area contributed by atoms with E-state index in [1.807, 2.05) is 31.2 Å². The van der Waals surface area contributed by atoms with Crippen molar-refractivity contribution in [1.29, 1.82) is 0 Å². The highest BCUT2D eigenvalue weighted by atomic mass is 19.4. The van der Waals surface area contributed by atoms with Gasteiger partial charge in [-0.05, 0) is 43.3 Å². The number of benzene rings is 2. The van der Waals surface area contributed by atoms with Crippen LogP contribution in [0, 0.1) is 18.8 Å². The lowest BCUT2D eigenvalue weighted by Gasteiger charge is -2.05. The zero-order chi connectivity index (χ0) is 17.6. The molecule has 2 aromatic rings. The molecule has 0 radical (unpaired) electrons. The van der Waals surface area contributed by atoms with Crippen molar-refractivity contribution < 1.29 is 13.2 Å². The van der Waals surface area contributed by atoms with E-state index >= 15 is 0 Å². The van der Waals surface area contributed by atoms with Gasteiger partial charge in [0, 0.05) is 11.3 Å². The molecule has 0 amide bonds. The van der Waals surface area contributed by atoms with Crippen molar-refractivity contribution in [3.8, 4) is 11.8 Å². The van der Waals surface area contributed by atoms with E-state index in [1.165, 1.54) is 12.1 Å². The molecule has 6 heteroatoms. The fourth-order valence-corrected chi connectivity index (χ4v) is 1.83. The number of hydrogen-bond donors (Lipinski definition) is 2. The highest BCUT2D eigenvalue weighted by molar-refractivity contribution is 5.92. The molecule has 2 aromatic carbocycles. The van der Waals surface area contributed by atoms with Crippen LogP contribution >= 0.6 is 0 Å². The van der Waals surface area contributed by atoms with Gasteiger partial charge in [0.2, 0.25) is 0 Å². The average Bonchev–Trinajstić information content (AvgIpc) is 2.53. The van der Waals surface area contributed by atoms with Gasteiger partial charge in [-0.25, -0.2) is 4.99 Å². The number of halogens is 3. The van der Waals surface area contributed by atoms with E-state index in [9.17, 15) is 13.2 Å². The molecule has 0 atom stereocenters. The van der Waals surface area contributed by atoms with Crippen LogP contribution in [0.25, 0.3) is 0 Å². The number of anilines is 1. The second-order valence-corrected chi connectivity index (χ2v) is 5.07. The van der Waals surface area contributed by atoms with E-state index < -0.39 is 11.7 Å². The van der Waals surface area contributed by atoms with Gasteiger partial charge in [0.1, 0.15) is 6.54 Å². The summed E-state index contributed by atoms with van der Waals surface area (Å²) in [5.41, 5.74) is 7.48. The first-order chi connectivity index (χ1) is 11.3. The maximum Gasteiger partial charge on any atom is 0.416 e. The molecule has 0 spiro atoms. The molecule has 0 saturated heterocycles. The fraction of sp³-hybridized carbons (Fsp3) is 0.167. The van der Waals surface area contributed by atoms with Crippen molar-refractivity contribution in [3.05, 3.63) is 65.2 Å². The molecule has 3 nitrogen and oxygen atoms in total. The molecule has 24 heavy (non-hydrogen) atoms. The Morgan fingerprint density at radius 2 is 1.71 bits per heavy atom. The first-order valence-corrected chi connectivity index (χ1v) is 7.14. The average molecular weight is 331 g/mol. The Kier molecular flexibility index (Phi) is 5.48. The van der Waals surface area contributed by atoms with Gasteiger partial charge >= 0.3 is 6.18 Å². The third-order valence-corrected chi connectivity index (χ3v) is 3.10. The van der Waals surface area contributed by atoms with Crippen molar-refractivity contribution in [2.75, 3.05) is 11.9 Å². The van der Waals surface area contributed by atoms with Crippen LogP contribution in [0.5, 0.6) is 0 Å². The van der Waals surface area contributed by atoms with Gasteiger partial charge in [0.05, 0.1) is 5.56 Å². The molecule has 2 rings (SSSR count). The molecule has 0 aromatic heterocycles. The van der Waals surface area contributed by atoms with Gasteiger partial charge < -0.3 is 11.1 Å². The van der Waals surface area contributed by atoms with Crippen molar-refractivity contribution in [3.63, 3.8) is 0 Å². The zero-order valence-electron chi connectivity index (χ0n) is 13.0. The lowest BCUT2D eigenvalue weighted by molar-refractivity contribution is -0.137. The van der Waals surface area contributed by atoms with Gasteiger partial charge in [-0.2, -0.15) is 13.2 Å². The van der Waals surface area contributed by atoms with Crippen LogP contribution in [0.4, 0.5) is 18.9 Å². The first-order valence-electron chi connectivity index (χ1n) is 7.14. The SMILES string of the molecule is Cc1ccc(NC(N)=NCC#Cc2ccc(C(F)(F)F)cc2)cc1. The number of aryl methyl sites for hydroxylation is 1. The number of nitrogens with two attached hydrogens (primary N) is 1. The molecular weight excluding hydrogens is 315 g/mol. The molecule has 0 aliphatic rings.